The van der Waals surface area contributed by atoms with Gasteiger partial charge in [-0.25, -0.2) is 13.2 Å². The molecule has 4 amide bonds. The molecule has 3 aromatic carbocycles. The predicted molar refractivity (Wildman–Crippen MR) is 228 cm³/mol. The highest BCUT2D eigenvalue weighted by Crippen LogP contribution is 2.42. The molecule has 2 aliphatic heterocycles. The molecule has 2 saturated heterocycles. The molecule has 2 heterocycles. The number of carbonyl (C=O) groups is 4. The highest BCUT2D eigenvalue weighted by molar-refractivity contribution is 6.36. The molecule has 3 aromatic rings. The summed E-state index contributed by atoms with van der Waals surface area (Å²) < 4.78 is 79.4. The first-order valence-electron chi connectivity index (χ1n) is 18.0. The van der Waals surface area contributed by atoms with E-state index in [0.29, 0.717) is 16.3 Å². The Bertz CT molecular complexity index is 2120. The number of halogens is 12. The van der Waals surface area contributed by atoms with E-state index in [1.165, 1.54) is 38.1 Å². The molecule has 0 aliphatic carbocycles. The van der Waals surface area contributed by atoms with Gasteiger partial charge in [0.25, 0.3) is 5.91 Å². The van der Waals surface area contributed by atoms with E-state index in [-0.39, 0.29) is 59.4 Å². The number of nitrogens with one attached hydrogen (secondary N) is 2. The van der Waals surface area contributed by atoms with Crippen LogP contribution >= 0.6 is 69.6 Å². The van der Waals surface area contributed by atoms with Crippen LogP contribution in [-0.4, -0.2) is 65.2 Å². The van der Waals surface area contributed by atoms with Crippen molar-refractivity contribution in [3.63, 3.8) is 0 Å². The number of anilines is 3. The molecule has 4 N–H and O–H groups in total. The zero-order chi connectivity index (χ0) is 47.0. The second-order valence-corrected chi connectivity index (χ2v) is 18.6. The van der Waals surface area contributed by atoms with Crippen LogP contribution in [0.15, 0.2) is 36.4 Å². The molecule has 336 valence electrons. The first-order valence-corrected chi connectivity index (χ1v) is 20.3. The van der Waals surface area contributed by atoms with E-state index < -0.39 is 65.0 Å². The molecule has 0 radical (unpaired) electrons. The van der Waals surface area contributed by atoms with Crippen molar-refractivity contribution >= 4 is 110 Å². The van der Waals surface area contributed by atoms with Crippen molar-refractivity contribution in [2.45, 2.75) is 98.9 Å². The van der Waals surface area contributed by atoms with Gasteiger partial charge in [-0.3, -0.25) is 34.3 Å². The zero-order valence-electron chi connectivity index (χ0n) is 33.9. The van der Waals surface area contributed by atoms with Gasteiger partial charge in [-0.1, -0.05) is 111 Å². The fourth-order valence-corrected chi connectivity index (χ4v) is 7.60. The zero-order valence-corrected chi connectivity index (χ0v) is 38.5. The Morgan fingerprint density at radius 3 is 1.41 bits per heavy atom. The van der Waals surface area contributed by atoms with E-state index >= 15 is 0 Å². The number of amides is 4. The minimum absolute atomic E-state index is 0.00986. The standard InChI is InChI=1S/C16H16Cl2F4N2O2.C14H17Cl2FN2O.C9H9Cl2FN2O/c1-7-12(25)24(8-5-9(17)11(19)10(18)6-8)13(15(2,3)4)23(7)14(26)16(20,21)22;1-7-12(20)19(13(18-7)14(2,3)4)8-5-9(15)11(17)10(16)6-8;1-4(13)9(15)14-5-2-6(10)8(12)7(11)3-5/h5-7,13H,1-4H3;5-7,13,18H,1-4H3;2-4H,13H2,1H3,(H,14,15)/t2*7-,13+;4-/m111/s1. The van der Waals surface area contributed by atoms with E-state index in [1.54, 1.807) is 32.6 Å². The molecular formula is C39H42Cl6F6N6O4. The summed E-state index contributed by atoms with van der Waals surface area (Å²) in [6.45, 7) is 15.4. The van der Waals surface area contributed by atoms with Crippen LogP contribution in [0.4, 0.5) is 43.4 Å². The summed E-state index contributed by atoms with van der Waals surface area (Å²) in [5.41, 5.74) is 5.03. The number of carbonyl (C=O) groups excluding carboxylic acids is 4. The van der Waals surface area contributed by atoms with Crippen molar-refractivity contribution in [1.29, 1.82) is 0 Å². The van der Waals surface area contributed by atoms with E-state index in [9.17, 15) is 45.5 Å². The second kappa shape index (κ2) is 19.7. The average molecular weight is 986 g/mol. The van der Waals surface area contributed by atoms with Gasteiger partial charge in [0.2, 0.25) is 11.8 Å². The van der Waals surface area contributed by atoms with E-state index in [0.717, 1.165) is 17.0 Å². The maximum absolute atomic E-state index is 13.7. The molecule has 0 saturated carbocycles. The van der Waals surface area contributed by atoms with Crippen molar-refractivity contribution in [3.8, 4) is 0 Å². The molecule has 0 aromatic heterocycles. The number of benzene rings is 3. The molecule has 0 unspecified atom stereocenters. The molecule has 61 heavy (non-hydrogen) atoms. The molecule has 5 atom stereocenters. The summed E-state index contributed by atoms with van der Waals surface area (Å²) >= 11 is 34.2. The molecule has 2 fully saturated rings. The minimum Gasteiger partial charge on any atom is -0.325 e. The molecule has 0 bridgehead atoms. The number of hydrogen-bond donors (Lipinski definition) is 3. The van der Waals surface area contributed by atoms with Crippen LogP contribution in [0.2, 0.25) is 30.1 Å². The van der Waals surface area contributed by atoms with Crippen molar-refractivity contribution in [3.05, 3.63) is 84.0 Å². The fraction of sp³-hybridized carbons (Fsp3) is 0.436. The monoisotopic (exact) mass is 982 g/mol. The average Bonchev–Trinajstić information content (AvgIpc) is 3.59. The Labute approximate surface area is 378 Å². The van der Waals surface area contributed by atoms with Crippen LogP contribution in [0.25, 0.3) is 0 Å². The Morgan fingerprint density at radius 1 is 0.689 bits per heavy atom. The van der Waals surface area contributed by atoms with E-state index in [1.807, 2.05) is 20.8 Å². The Hall–Kier alpha value is -3.22. The second-order valence-electron chi connectivity index (χ2n) is 16.2. The van der Waals surface area contributed by atoms with E-state index in [2.05, 4.69) is 10.6 Å². The summed E-state index contributed by atoms with van der Waals surface area (Å²) in [6.07, 6.45) is -6.62. The third kappa shape index (κ3) is 12.1. The lowest BCUT2D eigenvalue weighted by atomic mass is 9.90. The number of rotatable bonds is 4. The first-order chi connectivity index (χ1) is 27.7. The van der Waals surface area contributed by atoms with Crippen molar-refractivity contribution in [2.75, 3.05) is 15.1 Å². The van der Waals surface area contributed by atoms with Crippen molar-refractivity contribution in [2.24, 2.45) is 16.6 Å². The topological polar surface area (TPSA) is 128 Å². The quantitative estimate of drug-likeness (QED) is 0.176. The van der Waals surface area contributed by atoms with Crippen LogP contribution in [0, 0.1) is 28.3 Å². The van der Waals surface area contributed by atoms with Gasteiger partial charge >= 0.3 is 12.1 Å². The van der Waals surface area contributed by atoms with Gasteiger partial charge in [0.15, 0.2) is 17.5 Å². The molecule has 2 aliphatic rings. The SMILES string of the molecule is C[C@@H](N)C(=O)Nc1cc(Cl)c(F)c(Cl)c1.C[C@@H]1C(=O)N(c2cc(Cl)c(F)c(Cl)c2)[C@@H](C(C)(C)C)N1C(=O)C(F)(F)F.C[C@H]1N[C@H](C(C)(C)C)N(c2cc(Cl)c(F)c(Cl)c2)C1=O. The molecular weight excluding hydrogens is 943 g/mol. The van der Waals surface area contributed by atoms with Gasteiger partial charge in [-0.15, -0.1) is 0 Å². The minimum atomic E-state index is -5.15. The lowest BCUT2D eigenvalue weighted by molar-refractivity contribution is -0.190. The third-order valence-electron chi connectivity index (χ3n) is 9.02. The Balaban J connectivity index is 0.000000254. The molecule has 22 heteroatoms. The smallest absolute Gasteiger partial charge is 0.325 e. The predicted octanol–water partition coefficient (Wildman–Crippen LogP) is 10.9. The summed E-state index contributed by atoms with van der Waals surface area (Å²) in [7, 11) is 0. The summed E-state index contributed by atoms with van der Waals surface area (Å²) in [5.74, 6) is -5.64. The van der Waals surface area contributed by atoms with Crippen molar-refractivity contribution < 1.29 is 45.5 Å². The maximum atomic E-state index is 13.7. The number of nitrogens with two attached hydrogens (primary N) is 1. The summed E-state index contributed by atoms with van der Waals surface area (Å²) in [6, 6.07) is 5.25. The highest BCUT2D eigenvalue weighted by atomic mass is 35.5. The Kier molecular flexibility index (Phi) is 16.8. The summed E-state index contributed by atoms with van der Waals surface area (Å²) in [4.78, 5) is 51.3. The normalized spacial score (nSPS) is 19.9. The van der Waals surface area contributed by atoms with Gasteiger partial charge in [0, 0.05) is 22.5 Å². The fourth-order valence-electron chi connectivity index (χ4n) is 6.16. The van der Waals surface area contributed by atoms with E-state index in [4.69, 9.17) is 75.3 Å². The summed E-state index contributed by atoms with van der Waals surface area (Å²) in [5, 5.41) is 4.44. The van der Waals surface area contributed by atoms with Crippen LogP contribution < -0.4 is 26.2 Å². The largest absolute Gasteiger partial charge is 0.471 e. The maximum Gasteiger partial charge on any atom is 0.471 e. The van der Waals surface area contributed by atoms with Crippen LogP contribution in [0.3, 0.4) is 0 Å². The van der Waals surface area contributed by atoms with Gasteiger partial charge in [-0.05, 0) is 62.6 Å². The lowest BCUT2D eigenvalue weighted by Crippen LogP contribution is -2.55. The third-order valence-corrected chi connectivity index (χ3v) is 10.7. The number of nitrogens with zero attached hydrogens (tertiary/aromatic N) is 3. The van der Waals surface area contributed by atoms with Gasteiger partial charge < -0.3 is 16.0 Å². The number of alkyl halides is 3. The molecule has 5 rings (SSSR count). The van der Waals surface area contributed by atoms with Crippen LogP contribution in [-0.2, 0) is 19.2 Å². The van der Waals surface area contributed by atoms with Crippen LogP contribution in [0.5, 0.6) is 0 Å². The van der Waals surface area contributed by atoms with Gasteiger partial charge in [-0.2, -0.15) is 13.2 Å². The lowest BCUT2D eigenvalue weighted by Gasteiger charge is -2.40. The van der Waals surface area contributed by atoms with Gasteiger partial charge in [0.05, 0.1) is 48.4 Å². The Morgan fingerprint density at radius 2 is 1.07 bits per heavy atom. The number of hydrogen-bond acceptors (Lipinski definition) is 6. The molecule has 0 spiro atoms. The van der Waals surface area contributed by atoms with Crippen LogP contribution in [0.1, 0.15) is 62.3 Å². The van der Waals surface area contributed by atoms with Crippen molar-refractivity contribution in [1.82, 2.24) is 10.2 Å². The van der Waals surface area contributed by atoms with Gasteiger partial charge in [0.1, 0.15) is 12.2 Å². The first kappa shape index (κ1) is 52.1. The highest BCUT2D eigenvalue weighted by Gasteiger charge is 2.57. The molecule has 10 nitrogen and oxygen atoms in total.